The number of methoxy groups -OCH3 is 2. The number of rotatable bonds is 6. The lowest BCUT2D eigenvalue weighted by Gasteiger charge is -2.12. The third-order valence-corrected chi connectivity index (χ3v) is 5.60. The number of para-hydroxylation sites is 1. The van der Waals surface area contributed by atoms with Crippen LogP contribution in [0.5, 0.6) is 11.5 Å². The van der Waals surface area contributed by atoms with Crippen LogP contribution in [0, 0.1) is 0 Å². The van der Waals surface area contributed by atoms with Gasteiger partial charge in [-0.2, -0.15) is 0 Å². The Balaban J connectivity index is 1.48. The fourth-order valence-corrected chi connectivity index (χ4v) is 4.00. The molecule has 8 nitrogen and oxygen atoms in total. The predicted octanol–water partition coefficient (Wildman–Crippen LogP) is 3.55. The van der Waals surface area contributed by atoms with Crippen LogP contribution in [0.25, 0.3) is 21.1 Å². The smallest absolute Gasteiger partial charge is 0.268 e. The van der Waals surface area contributed by atoms with E-state index in [1.165, 1.54) is 11.3 Å². The summed E-state index contributed by atoms with van der Waals surface area (Å²) in [4.78, 5) is 32.6. The fraction of sp³-hybridized carbons (Fsp3) is 0.190. The number of aromatic nitrogens is 2. The maximum Gasteiger partial charge on any atom is 0.268 e. The number of H-pyrrole nitrogens is 1. The van der Waals surface area contributed by atoms with E-state index in [9.17, 15) is 9.59 Å². The zero-order chi connectivity index (χ0) is 21.3. The van der Waals surface area contributed by atoms with Gasteiger partial charge in [-0.05, 0) is 37.3 Å². The van der Waals surface area contributed by atoms with Crippen molar-refractivity contribution in [2.75, 3.05) is 19.5 Å². The van der Waals surface area contributed by atoms with Crippen molar-refractivity contribution in [3.8, 4) is 11.5 Å². The van der Waals surface area contributed by atoms with Crippen LogP contribution in [-0.2, 0) is 4.79 Å². The van der Waals surface area contributed by atoms with Crippen LogP contribution in [0.15, 0.2) is 42.5 Å². The first-order chi connectivity index (χ1) is 14.5. The SMILES string of the molecule is COc1ccc2[nH]c(C(=O)N[C@@H](C)C(=O)Nc3nc4ccccc4s3)cc2c1OC. The molecule has 0 radical (unpaired) electrons. The van der Waals surface area contributed by atoms with Crippen molar-refractivity contribution in [3.05, 3.63) is 48.2 Å². The van der Waals surface area contributed by atoms with E-state index in [2.05, 4.69) is 20.6 Å². The van der Waals surface area contributed by atoms with Crippen molar-refractivity contribution >= 4 is 49.4 Å². The first-order valence-corrected chi connectivity index (χ1v) is 10.0. The van der Waals surface area contributed by atoms with Crippen molar-refractivity contribution in [3.63, 3.8) is 0 Å². The molecule has 2 amide bonds. The molecule has 1 atom stereocenters. The lowest BCUT2D eigenvalue weighted by molar-refractivity contribution is -0.117. The van der Waals surface area contributed by atoms with Gasteiger partial charge in [0.25, 0.3) is 5.91 Å². The third-order valence-electron chi connectivity index (χ3n) is 4.65. The van der Waals surface area contributed by atoms with Gasteiger partial charge in [-0.3, -0.25) is 9.59 Å². The molecular formula is C21H20N4O4S. The number of nitrogens with one attached hydrogen (secondary N) is 3. The minimum absolute atomic E-state index is 0.316. The second kappa shape index (κ2) is 8.03. The summed E-state index contributed by atoms with van der Waals surface area (Å²) in [6, 6.07) is 12.1. The number of thiazole rings is 1. The lowest BCUT2D eigenvalue weighted by Crippen LogP contribution is -2.41. The first kappa shape index (κ1) is 19.7. The van der Waals surface area contributed by atoms with Gasteiger partial charge in [0.15, 0.2) is 16.6 Å². The summed E-state index contributed by atoms with van der Waals surface area (Å²) in [5.41, 5.74) is 1.86. The average molecular weight is 424 g/mol. The number of hydrogen-bond acceptors (Lipinski definition) is 6. The van der Waals surface area contributed by atoms with Crippen molar-refractivity contribution < 1.29 is 19.1 Å². The molecule has 0 aliphatic heterocycles. The Morgan fingerprint density at radius 1 is 1.13 bits per heavy atom. The Bertz CT molecular complexity index is 1210. The van der Waals surface area contributed by atoms with Crippen molar-refractivity contribution in [2.24, 2.45) is 0 Å². The van der Waals surface area contributed by atoms with Crippen molar-refractivity contribution in [1.29, 1.82) is 0 Å². The molecule has 0 spiro atoms. The van der Waals surface area contributed by atoms with Crippen LogP contribution in [0.4, 0.5) is 5.13 Å². The molecule has 0 bridgehead atoms. The summed E-state index contributed by atoms with van der Waals surface area (Å²) in [7, 11) is 3.09. The molecule has 4 rings (SSSR count). The number of carbonyl (C=O) groups is 2. The topological polar surface area (TPSA) is 105 Å². The van der Waals surface area contributed by atoms with Gasteiger partial charge >= 0.3 is 0 Å². The molecule has 4 aromatic rings. The highest BCUT2D eigenvalue weighted by molar-refractivity contribution is 7.22. The zero-order valence-electron chi connectivity index (χ0n) is 16.6. The Morgan fingerprint density at radius 3 is 2.67 bits per heavy atom. The van der Waals surface area contributed by atoms with Crippen molar-refractivity contribution in [1.82, 2.24) is 15.3 Å². The third kappa shape index (κ3) is 3.67. The molecule has 0 saturated heterocycles. The molecule has 3 N–H and O–H groups in total. The molecule has 2 aromatic carbocycles. The summed E-state index contributed by atoms with van der Waals surface area (Å²) >= 11 is 1.38. The predicted molar refractivity (Wildman–Crippen MR) is 117 cm³/mol. The van der Waals surface area contributed by atoms with E-state index in [4.69, 9.17) is 9.47 Å². The normalized spacial score (nSPS) is 12.0. The summed E-state index contributed by atoms with van der Waals surface area (Å²) in [6.45, 7) is 1.62. The molecule has 2 heterocycles. The van der Waals surface area contributed by atoms with Crippen LogP contribution in [0.3, 0.4) is 0 Å². The quantitative estimate of drug-likeness (QED) is 0.439. The molecule has 2 aromatic heterocycles. The van der Waals surface area contributed by atoms with E-state index in [0.717, 1.165) is 15.7 Å². The Hall–Kier alpha value is -3.59. The maximum absolute atomic E-state index is 12.7. The minimum atomic E-state index is -0.757. The van der Waals surface area contributed by atoms with E-state index < -0.39 is 11.9 Å². The van der Waals surface area contributed by atoms with Crippen LogP contribution in [-0.4, -0.2) is 42.0 Å². The lowest BCUT2D eigenvalue weighted by atomic mass is 10.2. The van der Waals surface area contributed by atoms with Gasteiger partial charge in [-0.15, -0.1) is 0 Å². The van der Waals surface area contributed by atoms with Crippen LogP contribution in [0.1, 0.15) is 17.4 Å². The van der Waals surface area contributed by atoms with Gasteiger partial charge in [0.2, 0.25) is 5.91 Å². The highest BCUT2D eigenvalue weighted by Crippen LogP contribution is 2.35. The van der Waals surface area contributed by atoms with Crippen molar-refractivity contribution in [2.45, 2.75) is 13.0 Å². The number of aromatic amines is 1. The average Bonchev–Trinajstić information content (AvgIpc) is 3.36. The number of amides is 2. The standard InChI is InChI=1S/C21H20N4O4S/c1-11(19(26)25-21-24-14-6-4-5-7-17(14)30-21)22-20(27)15-10-12-13(23-15)8-9-16(28-2)18(12)29-3/h4-11,23H,1-3H3,(H,22,27)(H,24,25,26)/t11-/m0/s1. The van der Waals surface area contributed by atoms with Gasteiger partial charge in [0.1, 0.15) is 11.7 Å². The number of benzene rings is 2. The van der Waals surface area contributed by atoms with Gasteiger partial charge in [0, 0.05) is 5.39 Å². The van der Waals surface area contributed by atoms with E-state index in [0.29, 0.717) is 27.7 Å². The second-order valence-corrected chi connectivity index (χ2v) is 7.65. The molecule has 0 unspecified atom stereocenters. The monoisotopic (exact) mass is 424 g/mol. The molecule has 0 fully saturated rings. The first-order valence-electron chi connectivity index (χ1n) is 9.21. The van der Waals surface area contributed by atoms with Gasteiger partial charge < -0.3 is 25.1 Å². The van der Waals surface area contributed by atoms with Crippen LogP contribution >= 0.6 is 11.3 Å². The summed E-state index contributed by atoms with van der Waals surface area (Å²) < 4.78 is 11.7. The summed E-state index contributed by atoms with van der Waals surface area (Å²) in [6.07, 6.45) is 0. The van der Waals surface area contributed by atoms with E-state index in [1.54, 1.807) is 39.3 Å². The number of ether oxygens (including phenoxy) is 2. The van der Waals surface area contributed by atoms with E-state index in [-0.39, 0.29) is 5.91 Å². The van der Waals surface area contributed by atoms with E-state index >= 15 is 0 Å². The van der Waals surface area contributed by atoms with Gasteiger partial charge in [-0.1, -0.05) is 23.5 Å². The largest absolute Gasteiger partial charge is 0.493 e. The molecule has 9 heteroatoms. The Kier molecular flexibility index (Phi) is 5.28. The minimum Gasteiger partial charge on any atom is -0.493 e. The zero-order valence-corrected chi connectivity index (χ0v) is 17.4. The Labute approximate surface area is 176 Å². The number of anilines is 1. The number of hydrogen-bond donors (Lipinski definition) is 3. The highest BCUT2D eigenvalue weighted by Gasteiger charge is 2.20. The van der Waals surface area contributed by atoms with E-state index in [1.807, 2.05) is 24.3 Å². The highest BCUT2D eigenvalue weighted by atomic mass is 32.1. The molecule has 0 aliphatic carbocycles. The van der Waals surface area contributed by atoms with Gasteiger partial charge in [0.05, 0.1) is 30.0 Å². The maximum atomic E-state index is 12.7. The molecule has 0 saturated carbocycles. The molecular weight excluding hydrogens is 404 g/mol. The van der Waals surface area contributed by atoms with Crippen LogP contribution in [0.2, 0.25) is 0 Å². The molecule has 0 aliphatic rings. The molecule has 154 valence electrons. The molecule has 30 heavy (non-hydrogen) atoms. The second-order valence-electron chi connectivity index (χ2n) is 6.62. The fourth-order valence-electron chi connectivity index (χ4n) is 3.13. The number of carbonyl (C=O) groups excluding carboxylic acids is 2. The number of nitrogens with zero attached hydrogens (tertiary/aromatic N) is 1. The summed E-state index contributed by atoms with van der Waals surface area (Å²) in [5, 5.41) is 6.66. The van der Waals surface area contributed by atoms with Crippen LogP contribution < -0.4 is 20.1 Å². The Morgan fingerprint density at radius 2 is 1.93 bits per heavy atom. The van der Waals surface area contributed by atoms with Gasteiger partial charge in [-0.25, -0.2) is 4.98 Å². The number of fused-ring (bicyclic) bond motifs is 2. The summed E-state index contributed by atoms with van der Waals surface area (Å²) in [5.74, 6) is 0.350.